The van der Waals surface area contributed by atoms with Gasteiger partial charge in [-0.1, -0.05) is 6.92 Å². The first kappa shape index (κ1) is 15.0. The van der Waals surface area contributed by atoms with Crippen LogP contribution in [0.25, 0.3) is 0 Å². The van der Waals surface area contributed by atoms with Gasteiger partial charge in [-0.2, -0.15) is 0 Å². The minimum atomic E-state index is 0.745. The Kier molecular flexibility index (Phi) is 5.82. The molecule has 0 saturated carbocycles. The van der Waals surface area contributed by atoms with E-state index in [1.54, 1.807) is 0 Å². The fraction of sp³-hybridized carbons (Fsp3) is 0.733. The first-order chi connectivity index (χ1) is 9.19. The molecule has 1 aromatic heterocycles. The molecule has 0 bridgehead atoms. The van der Waals surface area contributed by atoms with Crippen molar-refractivity contribution >= 4 is 11.3 Å². The van der Waals surface area contributed by atoms with Crippen molar-refractivity contribution in [3.63, 3.8) is 0 Å². The number of thiophene rings is 1. The van der Waals surface area contributed by atoms with Crippen molar-refractivity contribution in [2.45, 2.75) is 38.9 Å². The van der Waals surface area contributed by atoms with Crippen LogP contribution < -0.4 is 5.32 Å². The molecule has 2 rings (SSSR count). The third kappa shape index (κ3) is 4.56. The van der Waals surface area contributed by atoms with E-state index in [4.69, 9.17) is 0 Å². The fourth-order valence-corrected chi connectivity index (χ4v) is 3.80. The van der Waals surface area contributed by atoms with Gasteiger partial charge in [0.15, 0.2) is 0 Å². The van der Waals surface area contributed by atoms with E-state index in [0.29, 0.717) is 0 Å². The smallest absolute Gasteiger partial charge is 0.0331 e. The summed E-state index contributed by atoms with van der Waals surface area (Å²) in [4.78, 5) is 7.94. The van der Waals surface area contributed by atoms with Gasteiger partial charge in [-0.3, -0.25) is 4.90 Å². The quantitative estimate of drug-likeness (QED) is 0.828. The van der Waals surface area contributed by atoms with Crippen LogP contribution in [0.4, 0.5) is 0 Å². The molecule has 1 aliphatic heterocycles. The average molecular weight is 281 g/mol. The van der Waals surface area contributed by atoms with Crippen LogP contribution >= 0.6 is 11.3 Å². The molecule has 1 unspecified atom stereocenters. The summed E-state index contributed by atoms with van der Waals surface area (Å²) >= 11 is 1.96. The number of nitrogens with one attached hydrogen (secondary N) is 1. The van der Waals surface area contributed by atoms with Crippen molar-refractivity contribution in [2.24, 2.45) is 0 Å². The summed E-state index contributed by atoms with van der Waals surface area (Å²) in [6.07, 6.45) is 2.71. The predicted octanol–water partition coefficient (Wildman–Crippen LogP) is 2.38. The first-order valence-electron chi connectivity index (χ1n) is 7.36. The summed E-state index contributed by atoms with van der Waals surface area (Å²) in [6, 6.07) is 5.33. The molecule has 1 aliphatic rings. The molecule has 108 valence electrons. The second-order valence-electron chi connectivity index (χ2n) is 5.68. The van der Waals surface area contributed by atoms with Gasteiger partial charge >= 0.3 is 0 Å². The van der Waals surface area contributed by atoms with E-state index in [2.05, 4.69) is 48.3 Å². The summed E-state index contributed by atoms with van der Waals surface area (Å²) in [7, 11) is 4.35. The van der Waals surface area contributed by atoms with Gasteiger partial charge in [0.2, 0.25) is 0 Å². The molecule has 19 heavy (non-hydrogen) atoms. The van der Waals surface area contributed by atoms with Crippen LogP contribution in [-0.2, 0) is 13.1 Å². The highest BCUT2D eigenvalue weighted by Gasteiger charge is 2.25. The minimum Gasteiger partial charge on any atom is -0.312 e. The lowest BCUT2D eigenvalue weighted by Crippen LogP contribution is -2.36. The number of nitrogens with zero attached hydrogens (tertiary/aromatic N) is 2. The van der Waals surface area contributed by atoms with Gasteiger partial charge in [0.1, 0.15) is 0 Å². The van der Waals surface area contributed by atoms with Crippen LogP contribution in [0.1, 0.15) is 29.5 Å². The number of hydrogen-bond donors (Lipinski definition) is 1. The van der Waals surface area contributed by atoms with E-state index in [0.717, 1.165) is 25.7 Å². The van der Waals surface area contributed by atoms with Crippen molar-refractivity contribution in [3.05, 3.63) is 21.9 Å². The van der Waals surface area contributed by atoms with Crippen LogP contribution in [-0.4, -0.2) is 49.6 Å². The van der Waals surface area contributed by atoms with Crippen molar-refractivity contribution in [3.8, 4) is 0 Å². The Balaban J connectivity index is 1.87. The van der Waals surface area contributed by atoms with Gasteiger partial charge in [0, 0.05) is 35.4 Å². The SMILES string of the molecule is CCNCc1ccc(CN2CCCC2CN(C)C)s1. The van der Waals surface area contributed by atoms with Crippen LogP contribution in [0.5, 0.6) is 0 Å². The van der Waals surface area contributed by atoms with Crippen molar-refractivity contribution < 1.29 is 0 Å². The van der Waals surface area contributed by atoms with Gasteiger partial charge < -0.3 is 10.2 Å². The molecule has 1 saturated heterocycles. The number of rotatable bonds is 7. The molecular weight excluding hydrogens is 254 g/mol. The molecule has 1 aromatic rings. The number of likely N-dealkylation sites (N-methyl/N-ethyl adjacent to an activating group) is 1. The Labute approximate surface area is 121 Å². The molecule has 0 amide bonds. The lowest BCUT2D eigenvalue weighted by molar-refractivity contribution is 0.202. The highest BCUT2D eigenvalue weighted by molar-refractivity contribution is 7.11. The van der Waals surface area contributed by atoms with Gasteiger partial charge in [-0.25, -0.2) is 0 Å². The van der Waals surface area contributed by atoms with Crippen molar-refractivity contribution in [2.75, 3.05) is 33.7 Å². The van der Waals surface area contributed by atoms with E-state index in [1.165, 1.54) is 35.7 Å². The third-order valence-corrected chi connectivity index (χ3v) is 4.77. The molecule has 3 nitrogen and oxygen atoms in total. The molecule has 0 aromatic carbocycles. The maximum atomic E-state index is 3.40. The average Bonchev–Trinajstić information content (AvgIpc) is 2.97. The Morgan fingerprint density at radius 1 is 1.37 bits per heavy atom. The molecule has 1 atom stereocenters. The molecular formula is C15H27N3S. The molecule has 0 spiro atoms. The molecule has 1 N–H and O–H groups in total. The zero-order valence-corrected chi connectivity index (χ0v) is 13.3. The van der Waals surface area contributed by atoms with Gasteiger partial charge in [-0.15, -0.1) is 11.3 Å². The lowest BCUT2D eigenvalue weighted by atomic mass is 10.2. The van der Waals surface area contributed by atoms with Gasteiger partial charge in [0.05, 0.1) is 0 Å². The second-order valence-corrected chi connectivity index (χ2v) is 6.93. The molecule has 2 heterocycles. The summed E-state index contributed by atoms with van der Waals surface area (Å²) < 4.78 is 0. The maximum Gasteiger partial charge on any atom is 0.0331 e. The Morgan fingerprint density at radius 3 is 2.89 bits per heavy atom. The Hall–Kier alpha value is -0.420. The van der Waals surface area contributed by atoms with Crippen LogP contribution in [0, 0.1) is 0 Å². The van der Waals surface area contributed by atoms with E-state index >= 15 is 0 Å². The fourth-order valence-electron chi connectivity index (χ4n) is 2.78. The topological polar surface area (TPSA) is 18.5 Å². The third-order valence-electron chi connectivity index (χ3n) is 3.70. The summed E-state index contributed by atoms with van der Waals surface area (Å²) in [5, 5.41) is 3.40. The molecule has 0 radical (unpaired) electrons. The van der Waals surface area contributed by atoms with E-state index in [9.17, 15) is 0 Å². The predicted molar refractivity (Wildman–Crippen MR) is 83.7 cm³/mol. The number of likely N-dealkylation sites (tertiary alicyclic amines) is 1. The molecule has 0 aliphatic carbocycles. The van der Waals surface area contributed by atoms with Gasteiger partial charge in [-0.05, 0) is 52.2 Å². The first-order valence-corrected chi connectivity index (χ1v) is 8.17. The highest BCUT2D eigenvalue weighted by Crippen LogP contribution is 2.24. The highest BCUT2D eigenvalue weighted by atomic mass is 32.1. The summed E-state index contributed by atoms with van der Waals surface area (Å²) in [6.45, 7) is 7.81. The van der Waals surface area contributed by atoms with Crippen molar-refractivity contribution in [1.82, 2.24) is 15.1 Å². The van der Waals surface area contributed by atoms with Crippen LogP contribution in [0.15, 0.2) is 12.1 Å². The summed E-state index contributed by atoms with van der Waals surface area (Å²) in [5.74, 6) is 0. The van der Waals surface area contributed by atoms with Crippen LogP contribution in [0.2, 0.25) is 0 Å². The minimum absolute atomic E-state index is 0.745. The van der Waals surface area contributed by atoms with Crippen molar-refractivity contribution in [1.29, 1.82) is 0 Å². The molecule has 4 heteroatoms. The monoisotopic (exact) mass is 281 g/mol. The normalized spacial score (nSPS) is 20.5. The number of hydrogen-bond acceptors (Lipinski definition) is 4. The maximum absolute atomic E-state index is 3.40. The lowest BCUT2D eigenvalue weighted by Gasteiger charge is -2.26. The largest absolute Gasteiger partial charge is 0.312 e. The zero-order valence-electron chi connectivity index (χ0n) is 12.5. The van der Waals surface area contributed by atoms with E-state index in [1.807, 2.05) is 11.3 Å². The zero-order chi connectivity index (χ0) is 13.7. The Bertz CT molecular complexity index is 375. The van der Waals surface area contributed by atoms with E-state index in [-0.39, 0.29) is 0 Å². The standard InChI is InChI=1S/C15H27N3S/c1-4-16-10-14-7-8-15(19-14)12-18-9-5-6-13(18)11-17(2)3/h7-8,13,16H,4-6,9-12H2,1-3H3. The molecule has 1 fully saturated rings. The van der Waals surface area contributed by atoms with E-state index < -0.39 is 0 Å². The van der Waals surface area contributed by atoms with Gasteiger partial charge in [0.25, 0.3) is 0 Å². The Morgan fingerprint density at radius 2 is 2.16 bits per heavy atom. The van der Waals surface area contributed by atoms with Crippen LogP contribution in [0.3, 0.4) is 0 Å². The second kappa shape index (κ2) is 7.39. The summed E-state index contributed by atoms with van der Waals surface area (Å²) in [5.41, 5.74) is 0.